The maximum absolute atomic E-state index is 11.2. The molecule has 0 bridgehead atoms. The molecule has 0 saturated carbocycles. The van der Waals surface area contributed by atoms with Crippen LogP contribution in [0.3, 0.4) is 0 Å². The van der Waals surface area contributed by atoms with Crippen LogP contribution >= 0.6 is 0 Å². The zero-order valence-corrected chi connectivity index (χ0v) is 11.2. The molecule has 0 atom stereocenters. The lowest BCUT2D eigenvalue weighted by atomic mass is 10.1. The number of rotatable bonds is 2. The Morgan fingerprint density at radius 3 is 2.55 bits per heavy atom. The molecule has 0 saturated heterocycles. The second-order valence-corrected chi connectivity index (χ2v) is 4.65. The van der Waals surface area contributed by atoms with E-state index in [1.807, 2.05) is 44.2 Å². The monoisotopic (exact) mass is 267 g/mol. The third kappa shape index (κ3) is 1.84. The topological polar surface area (TPSA) is 67.5 Å². The Morgan fingerprint density at radius 1 is 1.20 bits per heavy atom. The normalized spacial score (nSPS) is 10.9. The lowest BCUT2D eigenvalue weighted by molar-refractivity contribution is 0.0690. The van der Waals surface area contributed by atoms with Crippen molar-refractivity contribution < 1.29 is 9.90 Å². The van der Waals surface area contributed by atoms with Crippen LogP contribution in [-0.2, 0) is 0 Å². The summed E-state index contributed by atoms with van der Waals surface area (Å²) in [6.07, 6.45) is 0. The minimum absolute atomic E-state index is 0.0343. The first-order valence-corrected chi connectivity index (χ1v) is 6.23. The Labute approximate surface area is 115 Å². The van der Waals surface area contributed by atoms with E-state index in [0.29, 0.717) is 5.65 Å². The van der Waals surface area contributed by atoms with Crippen LogP contribution < -0.4 is 0 Å². The molecular weight excluding hydrogens is 254 g/mol. The van der Waals surface area contributed by atoms with E-state index in [0.717, 1.165) is 22.5 Å². The molecule has 1 N–H and O–H groups in total. The fourth-order valence-electron chi connectivity index (χ4n) is 2.32. The van der Waals surface area contributed by atoms with Crippen LogP contribution in [0, 0.1) is 13.8 Å². The molecule has 5 nitrogen and oxygen atoms in total. The van der Waals surface area contributed by atoms with Crippen LogP contribution in [0.1, 0.15) is 21.9 Å². The number of hydrogen-bond acceptors (Lipinski definition) is 3. The average Bonchev–Trinajstić information content (AvgIpc) is 2.76. The van der Waals surface area contributed by atoms with Crippen LogP contribution in [0.5, 0.6) is 0 Å². The van der Waals surface area contributed by atoms with E-state index in [2.05, 4.69) is 10.1 Å². The number of aromatic carboxylic acids is 1. The quantitative estimate of drug-likeness (QED) is 0.775. The van der Waals surface area contributed by atoms with Gasteiger partial charge >= 0.3 is 5.97 Å². The van der Waals surface area contributed by atoms with Crippen LogP contribution in [0.15, 0.2) is 36.4 Å². The van der Waals surface area contributed by atoms with E-state index in [4.69, 9.17) is 5.11 Å². The van der Waals surface area contributed by atoms with Gasteiger partial charge in [-0.2, -0.15) is 5.10 Å². The standard InChI is InChI=1S/C15H13N3O2/c1-9-8-12(15(19)20)16-14-13(10(2)17-18(9)14)11-6-4-3-5-7-11/h3-8H,1-2H3,(H,19,20). The fraction of sp³-hybridized carbons (Fsp3) is 0.133. The second kappa shape index (κ2) is 4.45. The maximum atomic E-state index is 11.2. The van der Waals surface area contributed by atoms with E-state index in [1.54, 1.807) is 4.52 Å². The highest BCUT2D eigenvalue weighted by atomic mass is 16.4. The minimum Gasteiger partial charge on any atom is -0.477 e. The van der Waals surface area contributed by atoms with Crippen LogP contribution in [0.2, 0.25) is 0 Å². The molecule has 1 aromatic carbocycles. The van der Waals surface area contributed by atoms with Crippen molar-refractivity contribution in [1.82, 2.24) is 14.6 Å². The van der Waals surface area contributed by atoms with Gasteiger partial charge in [0.25, 0.3) is 0 Å². The van der Waals surface area contributed by atoms with E-state index < -0.39 is 5.97 Å². The molecule has 3 aromatic rings. The molecule has 2 heterocycles. The predicted octanol–water partition coefficient (Wildman–Crippen LogP) is 2.71. The van der Waals surface area contributed by atoms with Crippen molar-refractivity contribution in [2.75, 3.05) is 0 Å². The van der Waals surface area contributed by atoms with Gasteiger partial charge in [0.15, 0.2) is 11.3 Å². The molecule has 0 aliphatic heterocycles. The molecule has 2 aromatic heterocycles. The maximum Gasteiger partial charge on any atom is 0.354 e. The summed E-state index contributed by atoms with van der Waals surface area (Å²) >= 11 is 0. The molecule has 3 rings (SSSR count). The largest absolute Gasteiger partial charge is 0.477 e. The van der Waals surface area contributed by atoms with Gasteiger partial charge in [-0.1, -0.05) is 30.3 Å². The van der Waals surface area contributed by atoms with Crippen LogP contribution in [0.4, 0.5) is 0 Å². The van der Waals surface area contributed by atoms with Gasteiger partial charge in [-0.25, -0.2) is 14.3 Å². The lowest BCUT2D eigenvalue weighted by Gasteiger charge is -2.03. The van der Waals surface area contributed by atoms with Crippen molar-refractivity contribution in [3.63, 3.8) is 0 Å². The molecule has 0 unspecified atom stereocenters. The van der Waals surface area contributed by atoms with Gasteiger partial charge in [0.05, 0.1) is 5.69 Å². The number of fused-ring (bicyclic) bond motifs is 1. The van der Waals surface area contributed by atoms with Crippen molar-refractivity contribution in [2.24, 2.45) is 0 Å². The molecule has 0 amide bonds. The second-order valence-electron chi connectivity index (χ2n) is 4.65. The Morgan fingerprint density at radius 2 is 1.90 bits per heavy atom. The molecule has 5 heteroatoms. The number of carbonyl (C=O) groups is 1. The summed E-state index contributed by atoms with van der Waals surface area (Å²) in [6.45, 7) is 3.72. The number of benzene rings is 1. The smallest absolute Gasteiger partial charge is 0.354 e. The number of carboxylic acids is 1. The van der Waals surface area contributed by atoms with E-state index in [-0.39, 0.29) is 5.69 Å². The first-order chi connectivity index (χ1) is 9.58. The predicted molar refractivity (Wildman–Crippen MR) is 74.9 cm³/mol. The van der Waals surface area contributed by atoms with Gasteiger partial charge in [-0.3, -0.25) is 0 Å². The highest BCUT2D eigenvalue weighted by molar-refractivity contribution is 5.88. The fourth-order valence-corrected chi connectivity index (χ4v) is 2.32. The minimum atomic E-state index is -1.03. The Kier molecular flexibility index (Phi) is 2.75. The average molecular weight is 267 g/mol. The molecule has 100 valence electrons. The summed E-state index contributed by atoms with van der Waals surface area (Å²) < 4.78 is 1.68. The van der Waals surface area contributed by atoms with Gasteiger partial charge in [0, 0.05) is 11.3 Å². The molecule has 0 radical (unpaired) electrons. The third-order valence-corrected chi connectivity index (χ3v) is 3.22. The first-order valence-electron chi connectivity index (χ1n) is 6.23. The van der Waals surface area contributed by atoms with Gasteiger partial charge in [-0.05, 0) is 25.5 Å². The van der Waals surface area contributed by atoms with Crippen LogP contribution in [-0.4, -0.2) is 25.7 Å². The summed E-state index contributed by atoms with van der Waals surface area (Å²) in [5.74, 6) is -1.03. The zero-order chi connectivity index (χ0) is 14.3. The van der Waals surface area contributed by atoms with Crippen LogP contribution in [0.25, 0.3) is 16.8 Å². The molecule has 0 fully saturated rings. The molecule has 0 aliphatic carbocycles. The Bertz CT molecular complexity index is 807. The van der Waals surface area contributed by atoms with Gasteiger partial charge in [0.1, 0.15) is 0 Å². The summed E-state index contributed by atoms with van der Waals surface area (Å²) in [6, 6.07) is 11.3. The molecule has 20 heavy (non-hydrogen) atoms. The molecule has 0 aliphatic rings. The van der Waals surface area contributed by atoms with Crippen molar-refractivity contribution in [3.05, 3.63) is 53.5 Å². The van der Waals surface area contributed by atoms with E-state index >= 15 is 0 Å². The first kappa shape index (κ1) is 12.3. The number of aryl methyl sites for hydroxylation is 2. The summed E-state index contributed by atoms with van der Waals surface area (Å²) in [4.78, 5) is 15.4. The van der Waals surface area contributed by atoms with Crippen molar-refractivity contribution >= 4 is 11.6 Å². The van der Waals surface area contributed by atoms with Crippen molar-refractivity contribution in [3.8, 4) is 11.1 Å². The summed E-state index contributed by atoms with van der Waals surface area (Å²) in [5, 5.41) is 13.6. The number of nitrogens with zero attached hydrogens (tertiary/aromatic N) is 3. The van der Waals surface area contributed by atoms with E-state index in [9.17, 15) is 4.79 Å². The zero-order valence-electron chi connectivity index (χ0n) is 11.2. The number of carboxylic acid groups (broad SMARTS) is 1. The Hall–Kier alpha value is -2.69. The summed E-state index contributed by atoms with van der Waals surface area (Å²) in [5.41, 5.74) is 4.04. The van der Waals surface area contributed by atoms with Crippen molar-refractivity contribution in [1.29, 1.82) is 0 Å². The molecule has 0 spiro atoms. The highest BCUT2D eigenvalue weighted by Crippen LogP contribution is 2.27. The van der Waals surface area contributed by atoms with Gasteiger partial charge < -0.3 is 5.11 Å². The third-order valence-electron chi connectivity index (χ3n) is 3.22. The Balaban J connectivity index is 2.37. The van der Waals surface area contributed by atoms with Gasteiger partial charge in [-0.15, -0.1) is 0 Å². The number of aromatic nitrogens is 3. The lowest BCUT2D eigenvalue weighted by Crippen LogP contribution is -2.05. The van der Waals surface area contributed by atoms with Crippen molar-refractivity contribution in [2.45, 2.75) is 13.8 Å². The van der Waals surface area contributed by atoms with E-state index in [1.165, 1.54) is 6.07 Å². The SMILES string of the molecule is Cc1nn2c(C)cc(C(=O)O)nc2c1-c1ccccc1. The highest BCUT2D eigenvalue weighted by Gasteiger charge is 2.17. The summed E-state index contributed by atoms with van der Waals surface area (Å²) in [7, 11) is 0. The number of hydrogen-bond donors (Lipinski definition) is 1. The van der Waals surface area contributed by atoms with Gasteiger partial charge in [0.2, 0.25) is 0 Å². The molecular formula is C15H13N3O2.